The second-order valence-electron chi connectivity index (χ2n) is 4.55. The van der Waals surface area contributed by atoms with Crippen molar-refractivity contribution in [3.05, 3.63) is 54.8 Å². The Morgan fingerprint density at radius 1 is 0.864 bits per heavy atom. The summed E-state index contributed by atoms with van der Waals surface area (Å²) < 4.78 is 4.10. The number of hydrogen-bond acceptors (Lipinski definition) is 4. The molecule has 0 bridgehead atoms. The Morgan fingerprint density at radius 3 is 1.50 bits per heavy atom. The summed E-state index contributed by atoms with van der Waals surface area (Å²) in [5, 5.41) is 0. The topological polar surface area (TPSA) is 75.6 Å². The Hall–Kier alpha value is -1.80. The smallest absolute Gasteiger partial charge is 0.254 e. The summed E-state index contributed by atoms with van der Waals surface area (Å²) in [6.45, 7) is 5.40. The van der Waals surface area contributed by atoms with Crippen molar-refractivity contribution >= 4 is 24.4 Å². The minimum absolute atomic E-state index is 0.0319. The first-order chi connectivity index (χ1) is 10.5. The molecular weight excluding hydrogens is 320 g/mol. The molecule has 0 aliphatic rings. The van der Waals surface area contributed by atoms with Crippen LogP contribution in [0.5, 0.6) is 0 Å². The lowest BCUT2D eigenvalue weighted by atomic mass is 10.5. The maximum Gasteiger partial charge on any atom is 0.254 e. The molecule has 0 saturated heterocycles. The van der Waals surface area contributed by atoms with E-state index in [2.05, 4.69) is 9.97 Å². The predicted octanol–water partition coefficient (Wildman–Crippen LogP) is 2.63. The lowest BCUT2D eigenvalue weighted by molar-refractivity contribution is 0.630. The first-order valence-corrected chi connectivity index (χ1v) is 7.90. The second-order valence-corrected chi connectivity index (χ2v) is 5.32. The fourth-order valence-electron chi connectivity index (χ4n) is 1.78. The van der Waals surface area contributed by atoms with Crippen LogP contribution in [0.2, 0.25) is 0 Å². The van der Waals surface area contributed by atoms with Gasteiger partial charge in [-0.25, -0.2) is 0 Å². The summed E-state index contributed by atoms with van der Waals surface area (Å²) in [6, 6.07) is 2.96. The van der Waals surface area contributed by atoms with Crippen molar-refractivity contribution in [2.75, 3.05) is 0 Å². The van der Waals surface area contributed by atoms with E-state index in [1.54, 1.807) is 21.5 Å². The molecule has 0 unspecified atom stereocenters. The van der Waals surface area contributed by atoms with Crippen LogP contribution in [0.25, 0.3) is 0 Å². The zero-order valence-electron chi connectivity index (χ0n) is 12.7. The number of aromatic amines is 2. The molecule has 8 heteroatoms. The molecule has 2 rings (SSSR count). The van der Waals surface area contributed by atoms with E-state index in [0.717, 1.165) is 12.8 Å². The van der Waals surface area contributed by atoms with Gasteiger partial charge in [0.05, 0.1) is 0 Å². The van der Waals surface area contributed by atoms with Crippen LogP contribution in [-0.4, -0.2) is 19.1 Å². The number of aromatic nitrogens is 4. The van der Waals surface area contributed by atoms with Crippen LogP contribution in [0.4, 0.5) is 0 Å². The lowest BCUT2D eigenvalue weighted by Gasteiger charge is -2.00. The van der Waals surface area contributed by atoms with Crippen LogP contribution in [0, 0.1) is 9.54 Å². The van der Waals surface area contributed by atoms with Gasteiger partial charge in [-0.3, -0.25) is 18.7 Å². The minimum Gasteiger partial charge on any atom is -0.339 e. The molecule has 120 valence electrons. The second kappa shape index (κ2) is 9.26. The molecule has 2 aromatic rings. The van der Waals surface area contributed by atoms with Crippen molar-refractivity contribution in [2.24, 2.45) is 0 Å². The molecule has 6 nitrogen and oxygen atoms in total. The normalized spacial score (nSPS) is 9.91. The van der Waals surface area contributed by atoms with Crippen molar-refractivity contribution in [1.29, 1.82) is 0 Å². The van der Waals surface area contributed by atoms with Gasteiger partial charge in [-0.1, -0.05) is 13.8 Å². The number of hydrogen-bond donors (Lipinski definition) is 2. The third kappa shape index (κ3) is 5.19. The van der Waals surface area contributed by atoms with E-state index in [1.807, 2.05) is 13.8 Å². The highest BCUT2D eigenvalue weighted by atomic mass is 32.1. The molecule has 2 N–H and O–H groups in total. The van der Waals surface area contributed by atoms with E-state index in [4.69, 9.17) is 24.4 Å². The Balaban J connectivity index is 0.000000220. The molecule has 2 aromatic heterocycles. The van der Waals surface area contributed by atoms with Crippen molar-refractivity contribution in [3.8, 4) is 0 Å². The van der Waals surface area contributed by atoms with Gasteiger partial charge in [-0.2, -0.15) is 0 Å². The summed E-state index contributed by atoms with van der Waals surface area (Å²) in [5.74, 6) is 0. The Morgan fingerprint density at radius 2 is 1.23 bits per heavy atom. The molecule has 2 heterocycles. The van der Waals surface area contributed by atoms with Crippen LogP contribution >= 0.6 is 24.4 Å². The molecule has 0 spiro atoms. The highest BCUT2D eigenvalue weighted by Crippen LogP contribution is 1.86. The average molecular weight is 340 g/mol. The van der Waals surface area contributed by atoms with E-state index >= 15 is 0 Å². The Bertz CT molecular complexity index is 691. The van der Waals surface area contributed by atoms with Crippen LogP contribution in [0.15, 0.2) is 34.1 Å². The van der Waals surface area contributed by atoms with Gasteiger partial charge in [0, 0.05) is 37.6 Å². The molecule has 0 aliphatic carbocycles. The fourth-order valence-corrected chi connectivity index (χ4v) is 2.27. The zero-order valence-corrected chi connectivity index (χ0v) is 14.3. The van der Waals surface area contributed by atoms with E-state index in [1.165, 1.54) is 12.1 Å². The third-order valence-electron chi connectivity index (χ3n) is 2.78. The van der Waals surface area contributed by atoms with Gasteiger partial charge in [0.25, 0.3) is 11.1 Å². The van der Waals surface area contributed by atoms with Gasteiger partial charge in [-0.15, -0.1) is 0 Å². The van der Waals surface area contributed by atoms with Crippen LogP contribution < -0.4 is 11.1 Å². The van der Waals surface area contributed by atoms with Gasteiger partial charge < -0.3 is 9.97 Å². The first-order valence-electron chi connectivity index (χ1n) is 7.08. The summed E-state index contributed by atoms with van der Waals surface area (Å²) in [4.78, 5) is 27.8. The molecule has 0 saturated carbocycles. The van der Waals surface area contributed by atoms with Crippen LogP contribution in [-0.2, 0) is 13.1 Å². The highest BCUT2D eigenvalue weighted by Gasteiger charge is 1.94. The molecule has 22 heavy (non-hydrogen) atoms. The molecule has 0 aromatic carbocycles. The minimum atomic E-state index is -0.0319. The Kier molecular flexibility index (Phi) is 7.69. The Labute approximate surface area is 138 Å². The molecule has 0 radical (unpaired) electrons. The fraction of sp³-hybridized carbons (Fsp3) is 0.429. The highest BCUT2D eigenvalue weighted by molar-refractivity contribution is 7.71. The van der Waals surface area contributed by atoms with E-state index < -0.39 is 0 Å². The molecular formula is C14H20N4O2S2. The van der Waals surface area contributed by atoms with Crippen molar-refractivity contribution in [3.63, 3.8) is 0 Å². The van der Waals surface area contributed by atoms with Gasteiger partial charge in [0.2, 0.25) is 0 Å². The molecule has 0 amide bonds. The number of H-pyrrole nitrogens is 2. The molecule has 0 atom stereocenters. The van der Waals surface area contributed by atoms with E-state index in [-0.39, 0.29) is 11.1 Å². The summed E-state index contributed by atoms with van der Waals surface area (Å²) in [5.41, 5.74) is -0.0637. The van der Waals surface area contributed by atoms with Gasteiger partial charge in [-0.05, 0) is 37.3 Å². The van der Waals surface area contributed by atoms with Crippen molar-refractivity contribution < 1.29 is 0 Å². The van der Waals surface area contributed by atoms with E-state index in [0.29, 0.717) is 22.6 Å². The zero-order chi connectivity index (χ0) is 16.5. The summed E-state index contributed by atoms with van der Waals surface area (Å²) in [6.07, 6.45) is 4.97. The first kappa shape index (κ1) is 18.2. The lowest BCUT2D eigenvalue weighted by Crippen LogP contribution is -2.19. The summed E-state index contributed by atoms with van der Waals surface area (Å²) >= 11 is 9.82. The quantitative estimate of drug-likeness (QED) is 0.839. The average Bonchev–Trinajstić information content (AvgIpc) is 2.48. The van der Waals surface area contributed by atoms with Gasteiger partial charge in [0.15, 0.2) is 9.54 Å². The standard InChI is InChI=1S/2C7H10N2OS/c2*1-2-5-9-6(10)3-4-8-7(9)11/h2*3-4H,2,5H2,1H3,(H,8,11). The van der Waals surface area contributed by atoms with Crippen LogP contribution in [0.3, 0.4) is 0 Å². The largest absolute Gasteiger partial charge is 0.339 e. The monoisotopic (exact) mass is 340 g/mol. The molecule has 0 fully saturated rings. The number of nitrogens with one attached hydrogen (secondary N) is 2. The predicted molar refractivity (Wildman–Crippen MR) is 92.4 cm³/mol. The van der Waals surface area contributed by atoms with Crippen molar-refractivity contribution in [2.45, 2.75) is 39.8 Å². The third-order valence-corrected chi connectivity index (χ3v) is 3.46. The van der Waals surface area contributed by atoms with Gasteiger partial charge >= 0.3 is 0 Å². The van der Waals surface area contributed by atoms with E-state index in [9.17, 15) is 9.59 Å². The number of nitrogens with zero attached hydrogens (tertiary/aromatic N) is 2. The molecule has 0 aliphatic heterocycles. The summed E-state index contributed by atoms with van der Waals surface area (Å²) in [7, 11) is 0. The van der Waals surface area contributed by atoms with Crippen molar-refractivity contribution in [1.82, 2.24) is 19.1 Å². The maximum absolute atomic E-state index is 11.1. The van der Waals surface area contributed by atoms with Gasteiger partial charge in [0.1, 0.15) is 0 Å². The van der Waals surface area contributed by atoms with Crippen LogP contribution in [0.1, 0.15) is 26.7 Å². The number of rotatable bonds is 4. The SMILES string of the molecule is CCCn1c(=O)cc[nH]c1=S.CCCn1c(=O)cc[nH]c1=S. The maximum atomic E-state index is 11.1.